The summed E-state index contributed by atoms with van der Waals surface area (Å²) in [6, 6.07) is 6.92. The number of halogens is 2. The molecule has 114 valence electrons. The number of hydrogen-bond donors (Lipinski definition) is 2. The average molecular weight is 437 g/mol. The molecule has 1 aromatic carbocycles. The van der Waals surface area contributed by atoms with Crippen molar-refractivity contribution in [2.45, 2.75) is 11.4 Å². The summed E-state index contributed by atoms with van der Waals surface area (Å²) in [4.78, 5) is 0.241. The third-order valence-corrected chi connectivity index (χ3v) is 5.41. The molecule has 5 nitrogen and oxygen atoms in total. The fraction of sp³-hybridized carbons (Fsp3) is 0.231. The van der Waals surface area contributed by atoms with Gasteiger partial charge in [-0.1, -0.05) is 15.9 Å². The summed E-state index contributed by atoms with van der Waals surface area (Å²) in [6.07, 6.45) is 1.60. The number of rotatable bonds is 5. The first-order chi connectivity index (χ1) is 9.83. The van der Waals surface area contributed by atoms with Crippen LogP contribution in [0.15, 0.2) is 44.3 Å². The molecule has 0 unspecified atom stereocenters. The standard InChI is InChI=1S/C13H15Br2N3O2S/c1-16-7-10-6-11(8-18(10)2)21(19,20)17-13-4-3-9(14)5-12(13)15/h3-6,8,16-17H,7H2,1-2H3. The molecule has 0 radical (unpaired) electrons. The highest BCUT2D eigenvalue weighted by Crippen LogP contribution is 2.28. The zero-order valence-corrected chi connectivity index (χ0v) is 15.5. The van der Waals surface area contributed by atoms with Gasteiger partial charge < -0.3 is 9.88 Å². The lowest BCUT2D eigenvalue weighted by Crippen LogP contribution is -2.12. The Bertz CT molecular complexity index is 757. The van der Waals surface area contributed by atoms with Crippen LogP contribution in [0.4, 0.5) is 5.69 Å². The number of aromatic nitrogens is 1. The van der Waals surface area contributed by atoms with E-state index in [1.807, 2.05) is 14.1 Å². The molecule has 0 aliphatic carbocycles. The molecular formula is C13H15Br2N3O2S. The predicted molar refractivity (Wildman–Crippen MR) is 90.8 cm³/mol. The Morgan fingerprint density at radius 1 is 1.24 bits per heavy atom. The lowest BCUT2D eigenvalue weighted by molar-refractivity contribution is 0.601. The van der Waals surface area contributed by atoms with Crippen molar-refractivity contribution in [2.24, 2.45) is 7.05 Å². The van der Waals surface area contributed by atoms with Gasteiger partial charge >= 0.3 is 0 Å². The predicted octanol–water partition coefficient (Wildman–Crippen LogP) is 3.07. The molecule has 1 aromatic heterocycles. The Labute approximate surface area is 141 Å². The first kappa shape index (κ1) is 16.5. The van der Waals surface area contributed by atoms with Gasteiger partial charge in [0.15, 0.2) is 0 Å². The van der Waals surface area contributed by atoms with E-state index in [0.717, 1.165) is 10.2 Å². The van der Waals surface area contributed by atoms with E-state index in [1.54, 1.807) is 35.0 Å². The van der Waals surface area contributed by atoms with Crippen LogP contribution >= 0.6 is 31.9 Å². The Morgan fingerprint density at radius 3 is 2.57 bits per heavy atom. The van der Waals surface area contributed by atoms with Crippen molar-refractivity contribution in [1.82, 2.24) is 9.88 Å². The van der Waals surface area contributed by atoms with Gasteiger partial charge in [-0.15, -0.1) is 0 Å². The molecular weight excluding hydrogens is 422 g/mol. The van der Waals surface area contributed by atoms with Crippen molar-refractivity contribution in [3.05, 3.63) is 45.1 Å². The fourth-order valence-electron chi connectivity index (χ4n) is 1.86. The SMILES string of the molecule is CNCc1cc(S(=O)(=O)Nc2ccc(Br)cc2Br)cn1C. The Balaban J connectivity index is 2.32. The molecule has 21 heavy (non-hydrogen) atoms. The smallest absolute Gasteiger partial charge is 0.263 e. The molecule has 0 aliphatic rings. The fourth-order valence-corrected chi connectivity index (χ4v) is 4.31. The molecule has 2 rings (SSSR count). The number of nitrogens with zero attached hydrogens (tertiary/aromatic N) is 1. The molecule has 0 amide bonds. The lowest BCUT2D eigenvalue weighted by Gasteiger charge is -2.08. The van der Waals surface area contributed by atoms with E-state index >= 15 is 0 Å². The van der Waals surface area contributed by atoms with Crippen LogP contribution in [-0.2, 0) is 23.6 Å². The number of anilines is 1. The van der Waals surface area contributed by atoms with Crippen molar-refractivity contribution in [3.63, 3.8) is 0 Å². The minimum atomic E-state index is -3.61. The van der Waals surface area contributed by atoms with Crippen LogP contribution in [0, 0.1) is 0 Å². The maximum absolute atomic E-state index is 12.4. The highest BCUT2D eigenvalue weighted by atomic mass is 79.9. The normalized spacial score (nSPS) is 11.6. The molecule has 0 spiro atoms. The van der Waals surface area contributed by atoms with Crippen molar-refractivity contribution >= 4 is 47.6 Å². The van der Waals surface area contributed by atoms with Crippen LogP contribution in [0.3, 0.4) is 0 Å². The van der Waals surface area contributed by atoms with Gasteiger partial charge in [0.05, 0.1) is 5.69 Å². The van der Waals surface area contributed by atoms with Crippen molar-refractivity contribution in [3.8, 4) is 0 Å². The van der Waals surface area contributed by atoms with E-state index in [4.69, 9.17) is 0 Å². The number of nitrogens with one attached hydrogen (secondary N) is 2. The van der Waals surface area contributed by atoms with Crippen LogP contribution in [0.25, 0.3) is 0 Å². The molecule has 0 saturated carbocycles. The zero-order chi connectivity index (χ0) is 15.6. The number of aryl methyl sites for hydroxylation is 1. The molecule has 8 heteroatoms. The molecule has 0 fully saturated rings. The Hall–Kier alpha value is -0.830. The highest BCUT2D eigenvalue weighted by Gasteiger charge is 2.18. The third kappa shape index (κ3) is 3.88. The Morgan fingerprint density at radius 2 is 1.95 bits per heavy atom. The van der Waals surface area contributed by atoms with E-state index in [9.17, 15) is 8.42 Å². The van der Waals surface area contributed by atoms with E-state index in [0.29, 0.717) is 16.7 Å². The number of hydrogen-bond acceptors (Lipinski definition) is 3. The van der Waals surface area contributed by atoms with Gasteiger partial charge in [0.2, 0.25) is 0 Å². The lowest BCUT2D eigenvalue weighted by atomic mass is 10.3. The van der Waals surface area contributed by atoms with Gasteiger partial charge in [-0.25, -0.2) is 8.42 Å². The van der Waals surface area contributed by atoms with Crippen molar-refractivity contribution < 1.29 is 8.42 Å². The second-order valence-electron chi connectivity index (χ2n) is 4.54. The second-order valence-corrected chi connectivity index (χ2v) is 7.99. The monoisotopic (exact) mass is 435 g/mol. The summed E-state index contributed by atoms with van der Waals surface area (Å²) < 4.78 is 30.8. The van der Waals surface area contributed by atoms with Gasteiger partial charge in [-0.2, -0.15) is 0 Å². The largest absolute Gasteiger partial charge is 0.352 e. The molecule has 2 aromatic rings. The summed E-state index contributed by atoms with van der Waals surface area (Å²) in [7, 11) is 0.0259. The molecule has 1 heterocycles. The number of sulfonamides is 1. The van der Waals surface area contributed by atoms with Crippen LogP contribution in [-0.4, -0.2) is 20.0 Å². The van der Waals surface area contributed by atoms with E-state index < -0.39 is 10.0 Å². The van der Waals surface area contributed by atoms with Crippen molar-refractivity contribution in [2.75, 3.05) is 11.8 Å². The van der Waals surface area contributed by atoms with Crippen LogP contribution in [0.1, 0.15) is 5.69 Å². The molecule has 0 bridgehead atoms. The summed E-state index contributed by atoms with van der Waals surface area (Å²) in [5, 5.41) is 3.01. The quantitative estimate of drug-likeness (QED) is 0.756. The van der Waals surface area contributed by atoms with E-state index in [2.05, 4.69) is 41.9 Å². The van der Waals surface area contributed by atoms with Crippen LogP contribution in [0.5, 0.6) is 0 Å². The summed E-state index contributed by atoms with van der Waals surface area (Å²) in [6.45, 7) is 0.605. The van der Waals surface area contributed by atoms with Gasteiger partial charge in [0, 0.05) is 34.4 Å². The maximum atomic E-state index is 12.4. The van der Waals surface area contributed by atoms with Gasteiger partial charge in [0.1, 0.15) is 4.90 Å². The first-order valence-electron chi connectivity index (χ1n) is 6.11. The molecule has 0 aliphatic heterocycles. The van der Waals surface area contributed by atoms with Crippen molar-refractivity contribution in [1.29, 1.82) is 0 Å². The maximum Gasteiger partial charge on any atom is 0.263 e. The minimum Gasteiger partial charge on any atom is -0.352 e. The zero-order valence-electron chi connectivity index (χ0n) is 11.5. The van der Waals surface area contributed by atoms with Gasteiger partial charge in [-0.05, 0) is 47.2 Å². The summed E-state index contributed by atoms with van der Waals surface area (Å²) in [5.74, 6) is 0. The van der Waals surface area contributed by atoms with Crippen LogP contribution in [0.2, 0.25) is 0 Å². The first-order valence-corrected chi connectivity index (χ1v) is 9.18. The summed E-state index contributed by atoms with van der Waals surface area (Å²) >= 11 is 6.68. The Kier molecular flexibility index (Phi) is 5.13. The van der Waals surface area contributed by atoms with E-state index in [-0.39, 0.29) is 4.90 Å². The molecule has 2 N–H and O–H groups in total. The molecule has 0 saturated heterocycles. The van der Waals surface area contributed by atoms with Gasteiger partial charge in [0.25, 0.3) is 10.0 Å². The third-order valence-electron chi connectivity index (χ3n) is 2.93. The topological polar surface area (TPSA) is 63.1 Å². The average Bonchev–Trinajstić information content (AvgIpc) is 2.76. The second kappa shape index (κ2) is 6.51. The minimum absolute atomic E-state index is 0.241. The number of benzene rings is 1. The van der Waals surface area contributed by atoms with Gasteiger partial charge in [-0.3, -0.25) is 4.72 Å². The van der Waals surface area contributed by atoms with Crippen LogP contribution < -0.4 is 10.0 Å². The molecule has 0 atom stereocenters. The highest BCUT2D eigenvalue weighted by molar-refractivity contribution is 9.11. The summed E-state index contributed by atoms with van der Waals surface area (Å²) in [5.41, 5.74) is 1.39. The van der Waals surface area contributed by atoms with E-state index in [1.165, 1.54) is 0 Å².